The van der Waals surface area contributed by atoms with Gasteiger partial charge in [0.2, 0.25) is 0 Å². The van der Waals surface area contributed by atoms with Crippen LogP contribution in [0.4, 0.5) is 10.1 Å². The van der Waals surface area contributed by atoms with Gasteiger partial charge in [-0.1, -0.05) is 23.2 Å². The van der Waals surface area contributed by atoms with E-state index in [1.807, 2.05) is 22.6 Å². The van der Waals surface area contributed by atoms with E-state index < -0.39 is 11.7 Å². The van der Waals surface area contributed by atoms with Crippen molar-refractivity contribution in [1.82, 2.24) is 0 Å². The van der Waals surface area contributed by atoms with Crippen LogP contribution in [0.15, 0.2) is 30.3 Å². The minimum Gasteiger partial charge on any atom is -0.505 e. The van der Waals surface area contributed by atoms with E-state index in [9.17, 15) is 14.3 Å². The van der Waals surface area contributed by atoms with Gasteiger partial charge in [-0.2, -0.15) is 0 Å². The Bertz CT molecular complexity index is 671. The average molecular weight is 426 g/mol. The van der Waals surface area contributed by atoms with Gasteiger partial charge in [0.05, 0.1) is 15.6 Å². The molecule has 2 rings (SSSR count). The molecule has 0 fully saturated rings. The molecule has 0 aliphatic rings. The monoisotopic (exact) mass is 425 g/mol. The number of amides is 1. The summed E-state index contributed by atoms with van der Waals surface area (Å²) >= 11 is 13.4. The second kappa shape index (κ2) is 6.15. The molecule has 0 atom stereocenters. The molecule has 104 valence electrons. The maximum Gasteiger partial charge on any atom is 0.256 e. The second-order valence-electron chi connectivity index (χ2n) is 3.87. The van der Waals surface area contributed by atoms with Gasteiger partial charge >= 0.3 is 0 Å². The van der Waals surface area contributed by atoms with E-state index in [2.05, 4.69) is 5.32 Å². The summed E-state index contributed by atoms with van der Waals surface area (Å²) in [6, 6.07) is 6.59. The molecule has 0 aliphatic carbocycles. The lowest BCUT2D eigenvalue weighted by atomic mass is 10.2. The van der Waals surface area contributed by atoms with Crippen LogP contribution in [0.2, 0.25) is 10.0 Å². The van der Waals surface area contributed by atoms with Crippen molar-refractivity contribution in [2.24, 2.45) is 0 Å². The van der Waals surface area contributed by atoms with Gasteiger partial charge in [-0.05, 0) is 52.9 Å². The number of nitrogens with one attached hydrogen (secondary N) is 1. The van der Waals surface area contributed by atoms with Crippen molar-refractivity contribution in [1.29, 1.82) is 0 Å². The first-order valence-corrected chi connectivity index (χ1v) is 7.16. The standard InChI is InChI=1S/C13H7Cl2FINO2/c14-9-4-7(5-10(15)12(9)19)18-13(20)8-2-1-6(16)3-11(8)17/h1-5,19H,(H,18,20). The van der Waals surface area contributed by atoms with Crippen molar-refractivity contribution < 1.29 is 14.3 Å². The Morgan fingerprint density at radius 3 is 2.35 bits per heavy atom. The molecule has 0 spiro atoms. The van der Waals surface area contributed by atoms with Gasteiger partial charge in [-0.25, -0.2) is 4.39 Å². The van der Waals surface area contributed by atoms with Gasteiger partial charge < -0.3 is 10.4 Å². The third kappa shape index (κ3) is 3.34. The molecule has 0 aromatic heterocycles. The maximum absolute atomic E-state index is 13.0. The SMILES string of the molecule is O=C(Nc1cc(Cl)c(O)c(Cl)c1)c1ccc(F)cc1I. The number of carbonyl (C=O) groups is 1. The van der Waals surface area contributed by atoms with Crippen LogP contribution in [-0.4, -0.2) is 11.0 Å². The Labute approximate surface area is 137 Å². The quantitative estimate of drug-likeness (QED) is 0.541. The van der Waals surface area contributed by atoms with Gasteiger partial charge in [0.25, 0.3) is 5.91 Å². The molecule has 0 saturated heterocycles. The zero-order valence-corrected chi connectivity index (χ0v) is 13.4. The zero-order chi connectivity index (χ0) is 14.9. The van der Waals surface area contributed by atoms with Crippen molar-refractivity contribution in [3.63, 3.8) is 0 Å². The molecular formula is C13H7Cl2FINO2. The average Bonchev–Trinajstić information content (AvgIpc) is 2.35. The fourth-order valence-electron chi connectivity index (χ4n) is 1.51. The smallest absolute Gasteiger partial charge is 0.256 e. The first-order valence-electron chi connectivity index (χ1n) is 5.33. The highest BCUT2D eigenvalue weighted by molar-refractivity contribution is 14.1. The number of hydrogen-bond donors (Lipinski definition) is 2. The predicted octanol–water partition coefficient (Wildman–Crippen LogP) is 4.70. The second-order valence-corrected chi connectivity index (χ2v) is 5.84. The minimum atomic E-state index is -0.424. The number of hydrogen-bond acceptors (Lipinski definition) is 2. The number of anilines is 1. The number of halogens is 4. The van der Waals surface area contributed by atoms with E-state index >= 15 is 0 Å². The number of aromatic hydroxyl groups is 1. The number of phenols is 1. The first kappa shape index (κ1) is 15.3. The topological polar surface area (TPSA) is 49.3 Å². The van der Waals surface area contributed by atoms with Gasteiger partial charge in [0, 0.05) is 9.26 Å². The van der Waals surface area contributed by atoms with E-state index in [0.717, 1.165) is 0 Å². The summed E-state index contributed by atoms with van der Waals surface area (Å²) in [7, 11) is 0. The molecule has 0 bridgehead atoms. The molecule has 3 nitrogen and oxygen atoms in total. The van der Waals surface area contributed by atoms with Gasteiger partial charge in [-0.3, -0.25) is 4.79 Å². The Morgan fingerprint density at radius 2 is 1.80 bits per heavy atom. The molecule has 2 N–H and O–H groups in total. The van der Waals surface area contributed by atoms with Gasteiger partial charge in [0.15, 0.2) is 5.75 Å². The van der Waals surface area contributed by atoms with Gasteiger partial charge in [-0.15, -0.1) is 0 Å². The van der Waals surface area contributed by atoms with Crippen molar-refractivity contribution in [2.45, 2.75) is 0 Å². The molecule has 0 saturated carbocycles. The summed E-state index contributed by atoms with van der Waals surface area (Å²) in [5.74, 6) is -1.09. The molecule has 2 aromatic carbocycles. The Balaban J connectivity index is 2.28. The summed E-state index contributed by atoms with van der Waals surface area (Å²) in [5, 5.41) is 12.1. The molecule has 1 amide bonds. The van der Waals surface area contributed by atoms with Crippen molar-refractivity contribution in [3.8, 4) is 5.75 Å². The molecule has 0 unspecified atom stereocenters. The Hall–Kier alpha value is -1.05. The molecule has 7 heteroatoms. The predicted molar refractivity (Wildman–Crippen MR) is 85.2 cm³/mol. The highest BCUT2D eigenvalue weighted by Gasteiger charge is 2.13. The third-order valence-corrected chi connectivity index (χ3v) is 3.92. The Kier molecular flexibility index (Phi) is 4.72. The van der Waals surface area contributed by atoms with Crippen LogP contribution in [0.3, 0.4) is 0 Å². The minimum absolute atomic E-state index is 0.0293. The highest BCUT2D eigenvalue weighted by Crippen LogP contribution is 2.34. The first-order chi connectivity index (χ1) is 9.38. The van der Waals surface area contributed by atoms with Crippen LogP contribution < -0.4 is 5.32 Å². The lowest BCUT2D eigenvalue weighted by Crippen LogP contribution is -2.13. The van der Waals surface area contributed by atoms with Crippen molar-refractivity contribution in [2.75, 3.05) is 5.32 Å². The summed E-state index contributed by atoms with van der Waals surface area (Å²) in [6.07, 6.45) is 0. The number of benzene rings is 2. The van der Waals surface area contributed by atoms with Gasteiger partial charge in [0.1, 0.15) is 5.82 Å². The summed E-state index contributed by atoms with van der Waals surface area (Å²) in [5.41, 5.74) is 0.662. The lowest BCUT2D eigenvalue weighted by Gasteiger charge is -2.09. The zero-order valence-electron chi connectivity index (χ0n) is 9.75. The van der Waals surface area contributed by atoms with Crippen LogP contribution in [-0.2, 0) is 0 Å². The van der Waals surface area contributed by atoms with E-state index in [0.29, 0.717) is 14.8 Å². The number of rotatable bonds is 2. The van der Waals surface area contributed by atoms with Crippen molar-refractivity contribution in [3.05, 3.63) is 55.3 Å². The van der Waals surface area contributed by atoms with E-state index in [1.165, 1.54) is 30.3 Å². The molecular weight excluding hydrogens is 419 g/mol. The lowest BCUT2D eigenvalue weighted by molar-refractivity contribution is 0.102. The molecule has 0 heterocycles. The fourth-order valence-corrected chi connectivity index (χ4v) is 2.72. The molecule has 0 aliphatic heterocycles. The third-order valence-electron chi connectivity index (χ3n) is 2.45. The van der Waals surface area contributed by atoms with Crippen LogP contribution in [0.25, 0.3) is 0 Å². The molecule has 0 radical (unpaired) electrons. The Morgan fingerprint density at radius 1 is 1.20 bits per heavy atom. The van der Waals surface area contributed by atoms with E-state index in [4.69, 9.17) is 23.2 Å². The van der Waals surface area contributed by atoms with Crippen molar-refractivity contribution >= 4 is 57.4 Å². The molecule has 2 aromatic rings. The highest BCUT2D eigenvalue weighted by atomic mass is 127. The van der Waals surface area contributed by atoms with Crippen LogP contribution in [0.5, 0.6) is 5.75 Å². The fraction of sp³-hybridized carbons (Fsp3) is 0. The van der Waals surface area contributed by atoms with E-state index in [1.54, 1.807) is 0 Å². The molecule has 20 heavy (non-hydrogen) atoms. The number of phenolic OH excluding ortho intramolecular Hbond substituents is 1. The van der Waals surface area contributed by atoms with E-state index in [-0.39, 0.29) is 15.8 Å². The maximum atomic E-state index is 13.0. The van der Waals surface area contributed by atoms with Crippen LogP contribution in [0.1, 0.15) is 10.4 Å². The normalized spacial score (nSPS) is 10.4. The van der Waals surface area contributed by atoms with Crippen LogP contribution >= 0.6 is 45.8 Å². The van der Waals surface area contributed by atoms with Crippen LogP contribution in [0, 0.1) is 9.39 Å². The summed E-state index contributed by atoms with van der Waals surface area (Å²) in [4.78, 5) is 12.1. The largest absolute Gasteiger partial charge is 0.505 e. The summed E-state index contributed by atoms with van der Waals surface area (Å²) < 4.78 is 13.5. The summed E-state index contributed by atoms with van der Waals surface area (Å²) in [6.45, 7) is 0. The number of carbonyl (C=O) groups excluding carboxylic acids is 1.